The Morgan fingerprint density at radius 2 is 1.79 bits per heavy atom. The number of rotatable bonds is 9. The molecule has 2 heterocycles. The van der Waals surface area contributed by atoms with Gasteiger partial charge in [0.05, 0.1) is 19.3 Å². The minimum atomic E-state index is -0.810. The topological polar surface area (TPSA) is 115 Å². The van der Waals surface area contributed by atoms with E-state index in [2.05, 4.69) is 15.5 Å². The first-order valence-corrected chi connectivity index (χ1v) is 11.8. The van der Waals surface area contributed by atoms with Crippen LogP contribution in [0.2, 0.25) is 0 Å². The number of aromatic nitrogens is 2. The van der Waals surface area contributed by atoms with Crippen LogP contribution in [0, 0.1) is 11.3 Å². The van der Waals surface area contributed by atoms with Crippen LogP contribution in [0.3, 0.4) is 0 Å². The fraction of sp³-hybridized carbons (Fsp3) is 0.560. The van der Waals surface area contributed by atoms with Crippen molar-refractivity contribution in [2.45, 2.75) is 53.0 Å². The van der Waals surface area contributed by atoms with Gasteiger partial charge in [-0.3, -0.25) is 14.4 Å². The van der Waals surface area contributed by atoms with Gasteiger partial charge in [-0.05, 0) is 30.4 Å². The predicted molar refractivity (Wildman–Crippen MR) is 126 cm³/mol. The van der Waals surface area contributed by atoms with Crippen molar-refractivity contribution in [2.75, 3.05) is 26.3 Å². The molecule has 9 heteroatoms. The molecule has 1 aromatic heterocycles. The van der Waals surface area contributed by atoms with Crippen LogP contribution in [0.25, 0.3) is 11.5 Å². The van der Waals surface area contributed by atoms with E-state index >= 15 is 0 Å². The summed E-state index contributed by atoms with van der Waals surface area (Å²) in [6.45, 7) is 9.95. The number of ketones is 1. The molecular weight excluding hydrogens is 436 g/mol. The number of carbonyl (C=O) groups is 3. The molecule has 1 N–H and O–H groups in total. The first kappa shape index (κ1) is 25.6. The molecule has 2 aromatic rings. The molecular formula is C25H34N4O5. The molecule has 0 saturated carbocycles. The zero-order valence-electron chi connectivity index (χ0n) is 20.4. The van der Waals surface area contributed by atoms with Crippen LogP contribution in [0.1, 0.15) is 57.6 Å². The van der Waals surface area contributed by atoms with Crippen LogP contribution in [-0.4, -0.2) is 65.0 Å². The second-order valence-electron chi connectivity index (χ2n) is 9.78. The second-order valence-corrected chi connectivity index (χ2v) is 9.78. The van der Waals surface area contributed by atoms with Gasteiger partial charge in [0.1, 0.15) is 0 Å². The lowest BCUT2D eigenvalue weighted by atomic mass is 9.82. The number of morpholine rings is 1. The molecule has 1 saturated heterocycles. The highest BCUT2D eigenvalue weighted by Crippen LogP contribution is 2.27. The molecule has 34 heavy (non-hydrogen) atoms. The first-order chi connectivity index (χ1) is 16.2. The number of hydrogen-bond donors (Lipinski definition) is 1. The van der Waals surface area contributed by atoms with Gasteiger partial charge >= 0.3 is 0 Å². The van der Waals surface area contributed by atoms with Crippen molar-refractivity contribution >= 4 is 17.6 Å². The Morgan fingerprint density at radius 1 is 1.12 bits per heavy atom. The molecule has 0 radical (unpaired) electrons. The van der Waals surface area contributed by atoms with E-state index in [9.17, 15) is 14.4 Å². The van der Waals surface area contributed by atoms with Crippen molar-refractivity contribution in [2.24, 2.45) is 11.3 Å². The summed E-state index contributed by atoms with van der Waals surface area (Å²) in [6, 6.07) is 8.35. The molecule has 184 valence electrons. The van der Waals surface area contributed by atoms with E-state index in [4.69, 9.17) is 9.26 Å². The highest BCUT2D eigenvalue weighted by Gasteiger charge is 2.33. The Labute approximate surface area is 200 Å². The maximum Gasteiger partial charge on any atom is 0.258 e. The number of amides is 2. The van der Waals surface area contributed by atoms with Crippen LogP contribution in [0.4, 0.5) is 0 Å². The Balaban J connectivity index is 1.69. The van der Waals surface area contributed by atoms with Crippen molar-refractivity contribution in [1.82, 2.24) is 20.4 Å². The predicted octanol–water partition coefficient (Wildman–Crippen LogP) is 3.12. The SMILES string of the molecule is CC[C@@H](NC(=O)[C@H](CC(=O)N1CCOCC1)CC(C)(C)C)C(=O)c1noc(-c2ccccc2)n1. The third-order valence-electron chi connectivity index (χ3n) is 5.72. The summed E-state index contributed by atoms with van der Waals surface area (Å²) < 4.78 is 10.6. The molecule has 0 unspecified atom stereocenters. The Morgan fingerprint density at radius 3 is 2.41 bits per heavy atom. The molecule has 2 atom stereocenters. The van der Waals surface area contributed by atoms with E-state index < -0.39 is 17.7 Å². The lowest BCUT2D eigenvalue weighted by Gasteiger charge is -2.30. The minimum Gasteiger partial charge on any atom is -0.378 e. The van der Waals surface area contributed by atoms with Gasteiger partial charge in [0.2, 0.25) is 23.4 Å². The Hall–Kier alpha value is -3.07. The lowest BCUT2D eigenvalue weighted by Crippen LogP contribution is -2.47. The van der Waals surface area contributed by atoms with Crippen LogP contribution in [0.15, 0.2) is 34.9 Å². The van der Waals surface area contributed by atoms with E-state index in [1.54, 1.807) is 11.8 Å². The molecule has 0 aliphatic carbocycles. The summed E-state index contributed by atoms with van der Waals surface area (Å²) in [5.41, 5.74) is 0.537. The third kappa shape index (κ3) is 6.96. The van der Waals surface area contributed by atoms with Gasteiger partial charge in [0, 0.05) is 31.0 Å². The molecule has 9 nitrogen and oxygen atoms in total. The van der Waals surface area contributed by atoms with Gasteiger partial charge in [-0.2, -0.15) is 4.98 Å². The van der Waals surface area contributed by atoms with E-state index in [1.807, 2.05) is 51.1 Å². The molecule has 1 aliphatic rings. The van der Waals surface area contributed by atoms with Crippen LogP contribution in [0.5, 0.6) is 0 Å². The summed E-state index contributed by atoms with van der Waals surface area (Å²) in [5.74, 6) is -1.20. The van der Waals surface area contributed by atoms with Crippen LogP contribution in [-0.2, 0) is 14.3 Å². The standard InChI is InChI=1S/C25H34N4O5/c1-5-19(21(31)22-27-24(34-28-22)17-9-7-6-8-10-17)26-23(32)18(16-25(2,3)4)15-20(30)29-11-13-33-14-12-29/h6-10,18-19H,5,11-16H2,1-4H3,(H,26,32)/t18-,19-/m1/s1. The fourth-order valence-electron chi connectivity index (χ4n) is 3.97. The maximum absolute atomic E-state index is 13.2. The summed E-state index contributed by atoms with van der Waals surface area (Å²) in [5, 5.41) is 6.66. The average Bonchev–Trinajstić information content (AvgIpc) is 3.32. The molecule has 1 aromatic carbocycles. The molecule has 0 spiro atoms. The molecule has 3 rings (SSSR count). The number of carbonyl (C=O) groups excluding carboxylic acids is 3. The smallest absolute Gasteiger partial charge is 0.258 e. The molecule has 0 bridgehead atoms. The highest BCUT2D eigenvalue weighted by molar-refractivity contribution is 5.99. The van der Waals surface area contributed by atoms with Gasteiger partial charge in [-0.25, -0.2) is 0 Å². The maximum atomic E-state index is 13.2. The lowest BCUT2D eigenvalue weighted by molar-refractivity contribution is -0.140. The largest absolute Gasteiger partial charge is 0.378 e. The number of nitrogens with one attached hydrogen (secondary N) is 1. The number of Topliss-reactive ketones (excluding diaryl/α,β-unsaturated/α-hetero) is 1. The second kappa shape index (κ2) is 11.4. The zero-order valence-corrected chi connectivity index (χ0v) is 20.4. The number of hydrogen-bond acceptors (Lipinski definition) is 7. The van der Waals surface area contributed by atoms with Crippen molar-refractivity contribution in [1.29, 1.82) is 0 Å². The molecule has 1 fully saturated rings. The van der Waals surface area contributed by atoms with Crippen LogP contribution < -0.4 is 5.32 Å². The van der Waals surface area contributed by atoms with Gasteiger partial charge < -0.3 is 19.5 Å². The Bertz CT molecular complexity index is 977. The number of ether oxygens (including phenoxy) is 1. The van der Waals surface area contributed by atoms with Gasteiger partial charge in [-0.15, -0.1) is 0 Å². The van der Waals surface area contributed by atoms with Crippen molar-refractivity contribution in [3.63, 3.8) is 0 Å². The summed E-state index contributed by atoms with van der Waals surface area (Å²) in [4.78, 5) is 45.1. The first-order valence-electron chi connectivity index (χ1n) is 11.8. The summed E-state index contributed by atoms with van der Waals surface area (Å²) in [7, 11) is 0. The van der Waals surface area contributed by atoms with Gasteiger partial charge in [-0.1, -0.05) is 51.1 Å². The van der Waals surface area contributed by atoms with Gasteiger partial charge in [0.15, 0.2) is 0 Å². The van der Waals surface area contributed by atoms with Crippen molar-refractivity contribution < 1.29 is 23.6 Å². The average molecular weight is 471 g/mol. The number of benzene rings is 1. The number of nitrogens with zero attached hydrogens (tertiary/aromatic N) is 3. The zero-order chi connectivity index (χ0) is 24.7. The quantitative estimate of drug-likeness (QED) is 0.560. The minimum absolute atomic E-state index is 0.0715. The highest BCUT2D eigenvalue weighted by atomic mass is 16.5. The molecule has 1 aliphatic heterocycles. The van der Waals surface area contributed by atoms with E-state index in [0.717, 1.165) is 0 Å². The van der Waals surface area contributed by atoms with E-state index in [1.165, 1.54) is 0 Å². The summed E-state index contributed by atoms with van der Waals surface area (Å²) in [6.07, 6.45) is 0.966. The molecule has 2 amide bonds. The van der Waals surface area contributed by atoms with Gasteiger partial charge in [0.25, 0.3) is 5.89 Å². The third-order valence-corrected chi connectivity index (χ3v) is 5.72. The monoisotopic (exact) mass is 470 g/mol. The fourth-order valence-corrected chi connectivity index (χ4v) is 3.97. The van der Waals surface area contributed by atoms with E-state index in [0.29, 0.717) is 44.7 Å². The summed E-state index contributed by atoms with van der Waals surface area (Å²) >= 11 is 0. The van der Waals surface area contributed by atoms with Crippen LogP contribution >= 0.6 is 0 Å². The normalized spacial score (nSPS) is 16.1. The van der Waals surface area contributed by atoms with Crippen molar-refractivity contribution in [3.8, 4) is 11.5 Å². The van der Waals surface area contributed by atoms with Crippen molar-refractivity contribution in [3.05, 3.63) is 36.2 Å². The van der Waals surface area contributed by atoms with E-state index in [-0.39, 0.29) is 35.4 Å². The Kier molecular flexibility index (Phi) is 8.55.